The number of ether oxygens (including phenoxy) is 1. The van der Waals surface area contributed by atoms with E-state index in [1.165, 1.54) is 18.9 Å². The van der Waals surface area contributed by atoms with Gasteiger partial charge in [-0.05, 0) is 0 Å². The molecule has 1 aliphatic rings. The Morgan fingerprint density at radius 3 is 2.38 bits per heavy atom. The second-order valence-corrected chi connectivity index (χ2v) is 3.33. The van der Waals surface area contributed by atoms with E-state index in [4.69, 9.17) is 27.9 Å². The molecule has 0 spiro atoms. The minimum atomic E-state index is -0.876. The van der Waals surface area contributed by atoms with Crippen molar-refractivity contribution in [3.63, 3.8) is 0 Å². The first-order chi connectivity index (χ1) is 5.95. The Hall–Kier alpha value is -0.740. The number of carbonyl (C=O) groups is 2. The molecule has 1 heterocycles. The number of likely N-dealkylation sites (N-methyl/N-ethyl adjacent to an activating group) is 1. The predicted octanol–water partition coefficient (Wildman–Crippen LogP) is 1.04. The molecule has 4 nitrogen and oxygen atoms in total. The Labute approximate surface area is 85.0 Å². The fraction of sp³-hybridized carbons (Fsp3) is 0.429. The lowest BCUT2D eigenvalue weighted by Gasteiger charge is -2.21. The van der Waals surface area contributed by atoms with Crippen molar-refractivity contribution in [2.45, 2.75) is 13.2 Å². The molecular formula is C7H7Cl2NO3. The van der Waals surface area contributed by atoms with Gasteiger partial charge in [0.15, 0.2) is 0 Å². The number of hydrogen-bond acceptors (Lipinski definition) is 3. The Bertz CT molecular complexity index is 300. The first-order valence-corrected chi connectivity index (χ1v) is 4.20. The minimum absolute atomic E-state index is 0.0457. The lowest BCUT2D eigenvalue weighted by atomic mass is 10.4. The monoisotopic (exact) mass is 223 g/mol. The van der Waals surface area contributed by atoms with Gasteiger partial charge in [0.05, 0.1) is 0 Å². The maximum atomic E-state index is 10.9. The summed E-state index contributed by atoms with van der Waals surface area (Å²) in [7, 11) is 1.47. The van der Waals surface area contributed by atoms with Gasteiger partial charge in [-0.2, -0.15) is 0 Å². The Morgan fingerprint density at radius 1 is 1.54 bits per heavy atom. The molecule has 13 heavy (non-hydrogen) atoms. The minimum Gasteiger partial charge on any atom is -0.432 e. The molecule has 6 heteroatoms. The average molecular weight is 224 g/mol. The third kappa shape index (κ3) is 1.78. The van der Waals surface area contributed by atoms with Crippen molar-refractivity contribution in [3.8, 4) is 0 Å². The summed E-state index contributed by atoms with van der Waals surface area (Å²) in [5, 5.41) is -0.121. The molecule has 1 atom stereocenters. The molecular weight excluding hydrogens is 217 g/mol. The smallest absolute Gasteiger partial charge is 0.353 e. The number of amides is 1. The van der Waals surface area contributed by atoms with E-state index in [9.17, 15) is 9.59 Å². The number of carbonyl (C=O) groups excluding carboxylic acids is 2. The van der Waals surface area contributed by atoms with Gasteiger partial charge >= 0.3 is 5.97 Å². The van der Waals surface area contributed by atoms with Crippen LogP contribution in [0.3, 0.4) is 0 Å². The maximum Gasteiger partial charge on any atom is 0.353 e. The van der Waals surface area contributed by atoms with Crippen molar-refractivity contribution >= 4 is 35.1 Å². The quantitative estimate of drug-likeness (QED) is 0.625. The molecule has 0 N–H and O–H groups in total. The predicted molar refractivity (Wildman–Crippen MR) is 47.1 cm³/mol. The number of esters is 1. The fourth-order valence-corrected chi connectivity index (χ4v) is 1.23. The van der Waals surface area contributed by atoms with E-state index in [1.807, 2.05) is 0 Å². The Kier molecular flexibility index (Phi) is 2.83. The van der Waals surface area contributed by atoms with Crippen LogP contribution in [0.15, 0.2) is 10.1 Å². The van der Waals surface area contributed by atoms with Crippen LogP contribution in [0, 0.1) is 0 Å². The highest BCUT2D eigenvalue weighted by atomic mass is 35.5. The van der Waals surface area contributed by atoms with Crippen LogP contribution in [0.1, 0.15) is 6.92 Å². The number of cyclic esters (lactones) is 1. The van der Waals surface area contributed by atoms with Crippen molar-refractivity contribution < 1.29 is 14.3 Å². The summed E-state index contributed by atoms with van der Waals surface area (Å²) in [4.78, 5) is 23.0. The standard InChI is InChI=1S/C7H7Cl2NO3/c1-3(11)10(2)6-4(8)5(9)7(12)13-6/h6H,1-2H3/t6-/m0/s1. The Morgan fingerprint density at radius 2 is 2.08 bits per heavy atom. The first kappa shape index (κ1) is 10.3. The van der Waals surface area contributed by atoms with Gasteiger partial charge in [0.25, 0.3) is 0 Å². The summed E-state index contributed by atoms with van der Waals surface area (Å²) in [5.41, 5.74) is 0. The normalized spacial score (nSPS) is 21.8. The first-order valence-electron chi connectivity index (χ1n) is 3.44. The van der Waals surface area contributed by atoms with Gasteiger partial charge in [-0.25, -0.2) is 4.79 Å². The van der Waals surface area contributed by atoms with Crippen molar-refractivity contribution in [2.75, 3.05) is 7.05 Å². The van der Waals surface area contributed by atoms with Crippen LogP contribution in [0.5, 0.6) is 0 Å². The van der Waals surface area contributed by atoms with Crippen molar-refractivity contribution in [3.05, 3.63) is 10.1 Å². The zero-order valence-electron chi connectivity index (χ0n) is 7.01. The summed E-state index contributed by atoms with van der Waals surface area (Å²) in [6.45, 7) is 1.34. The van der Waals surface area contributed by atoms with Gasteiger partial charge in [0.2, 0.25) is 12.1 Å². The van der Waals surface area contributed by atoms with E-state index in [0.717, 1.165) is 0 Å². The zero-order chi connectivity index (χ0) is 10.2. The van der Waals surface area contributed by atoms with Gasteiger partial charge in [-0.3, -0.25) is 4.79 Å². The molecule has 1 rings (SSSR count). The summed E-state index contributed by atoms with van der Waals surface area (Å²) in [5.74, 6) is -0.966. The largest absolute Gasteiger partial charge is 0.432 e. The fourth-order valence-electron chi connectivity index (χ4n) is 0.825. The second kappa shape index (κ2) is 3.55. The number of hydrogen-bond donors (Lipinski definition) is 0. The van der Waals surface area contributed by atoms with E-state index in [2.05, 4.69) is 0 Å². The molecule has 0 radical (unpaired) electrons. The van der Waals surface area contributed by atoms with Crippen LogP contribution in [0.25, 0.3) is 0 Å². The SMILES string of the molecule is CC(=O)N(C)[C@H]1OC(=O)C(Cl)=C1Cl. The molecule has 0 fully saturated rings. The molecule has 1 amide bonds. The Balaban J connectivity index is 2.88. The van der Waals surface area contributed by atoms with Gasteiger partial charge < -0.3 is 9.64 Å². The lowest BCUT2D eigenvalue weighted by Crippen LogP contribution is -2.36. The van der Waals surface area contributed by atoms with Gasteiger partial charge in [-0.1, -0.05) is 23.2 Å². The third-order valence-electron chi connectivity index (χ3n) is 1.67. The molecule has 0 aromatic heterocycles. The molecule has 72 valence electrons. The molecule has 1 aliphatic heterocycles. The van der Waals surface area contributed by atoms with Crippen LogP contribution in [-0.2, 0) is 14.3 Å². The van der Waals surface area contributed by atoms with E-state index < -0.39 is 12.2 Å². The van der Waals surface area contributed by atoms with E-state index in [-0.39, 0.29) is 16.0 Å². The summed E-state index contributed by atoms with van der Waals surface area (Å²) in [6, 6.07) is 0. The van der Waals surface area contributed by atoms with E-state index in [0.29, 0.717) is 0 Å². The average Bonchev–Trinajstić information content (AvgIpc) is 2.31. The van der Waals surface area contributed by atoms with E-state index >= 15 is 0 Å². The van der Waals surface area contributed by atoms with Gasteiger partial charge in [0.1, 0.15) is 10.1 Å². The molecule has 0 bridgehead atoms. The van der Waals surface area contributed by atoms with Crippen molar-refractivity contribution in [1.82, 2.24) is 4.90 Å². The molecule has 0 unspecified atom stereocenters. The van der Waals surface area contributed by atoms with E-state index in [1.54, 1.807) is 0 Å². The highest BCUT2D eigenvalue weighted by Crippen LogP contribution is 2.29. The van der Waals surface area contributed by atoms with Crippen LogP contribution >= 0.6 is 23.2 Å². The van der Waals surface area contributed by atoms with Gasteiger partial charge in [-0.15, -0.1) is 0 Å². The molecule has 0 aliphatic carbocycles. The third-order valence-corrected chi connectivity index (χ3v) is 2.50. The topological polar surface area (TPSA) is 46.6 Å². The maximum absolute atomic E-state index is 10.9. The zero-order valence-corrected chi connectivity index (χ0v) is 8.52. The second-order valence-electron chi connectivity index (χ2n) is 2.55. The summed E-state index contributed by atoms with van der Waals surface area (Å²) >= 11 is 11.2. The van der Waals surface area contributed by atoms with Gasteiger partial charge in [0, 0.05) is 14.0 Å². The van der Waals surface area contributed by atoms with Crippen molar-refractivity contribution in [1.29, 1.82) is 0 Å². The van der Waals surface area contributed by atoms with Crippen LogP contribution in [0.4, 0.5) is 0 Å². The molecule has 0 saturated carbocycles. The lowest BCUT2D eigenvalue weighted by molar-refractivity contribution is -0.150. The molecule has 0 aromatic carbocycles. The molecule has 0 aromatic rings. The van der Waals surface area contributed by atoms with Crippen LogP contribution in [0.2, 0.25) is 0 Å². The van der Waals surface area contributed by atoms with Crippen molar-refractivity contribution in [2.24, 2.45) is 0 Å². The summed E-state index contributed by atoms with van der Waals surface area (Å²) in [6.07, 6.45) is -0.876. The number of nitrogens with zero attached hydrogens (tertiary/aromatic N) is 1. The number of rotatable bonds is 1. The number of halogens is 2. The van der Waals surface area contributed by atoms with Crippen LogP contribution in [-0.4, -0.2) is 30.1 Å². The highest BCUT2D eigenvalue weighted by Gasteiger charge is 2.35. The highest BCUT2D eigenvalue weighted by molar-refractivity contribution is 6.48. The summed E-state index contributed by atoms with van der Waals surface area (Å²) < 4.78 is 4.74. The molecule has 0 saturated heterocycles. The van der Waals surface area contributed by atoms with Crippen LogP contribution < -0.4 is 0 Å².